The summed E-state index contributed by atoms with van der Waals surface area (Å²) in [6.45, 7) is 0.0657. The molecule has 2 aromatic carbocycles. The first kappa shape index (κ1) is 21.0. The second kappa shape index (κ2) is 9.25. The molecule has 0 amide bonds. The van der Waals surface area contributed by atoms with Crippen molar-refractivity contribution in [2.75, 3.05) is 0 Å². The molecule has 0 bridgehead atoms. The molecule has 0 saturated carbocycles. The van der Waals surface area contributed by atoms with Gasteiger partial charge in [0.1, 0.15) is 5.69 Å². The van der Waals surface area contributed by atoms with Gasteiger partial charge in [0, 0.05) is 23.1 Å². The van der Waals surface area contributed by atoms with Gasteiger partial charge in [-0.3, -0.25) is 0 Å². The van der Waals surface area contributed by atoms with Crippen LogP contribution in [-0.4, -0.2) is 19.5 Å². The lowest BCUT2D eigenvalue weighted by Crippen LogP contribution is -2.23. The number of nitrogens with one attached hydrogen (secondary N) is 1. The molecule has 4 rings (SSSR count). The van der Waals surface area contributed by atoms with Gasteiger partial charge in [-0.1, -0.05) is 47.6 Å². The quantitative estimate of drug-likeness (QED) is 0.400. The highest BCUT2D eigenvalue weighted by Gasteiger charge is 2.17. The van der Waals surface area contributed by atoms with E-state index in [0.717, 1.165) is 10.4 Å². The average Bonchev–Trinajstić information content (AvgIpc) is 3.49. The third-order valence-corrected chi connectivity index (χ3v) is 6.65. The summed E-state index contributed by atoms with van der Waals surface area (Å²) in [4.78, 5) is 13.3. The number of sulfonamides is 1. The van der Waals surface area contributed by atoms with Gasteiger partial charge in [0.15, 0.2) is 12.4 Å². The number of rotatable bonds is 8. The van der Waals surface area contributed by atoms with E-state index < -0.39 is 16.0 Å². The second-order valence-electron chi connectivity index (χ2n) is 6.55. The molecule has 0 spiro atoms. The lowest BCUT2D eigenvalue weighted by molar-refractivity contribution is 0.0437. The maximum Gasteiger partial charge on any atom is 0.338 e. The van der Waals surface area contributed by atoms with Crippen molar-refractivity contribution >= 4 is 27.3 Å². The van der Waals surface area contributed by atoms with E-state index >= 15 is 0 Å². The lowest BCUT2D eigenvalue weighted by atomic mass is 10.1. The Labute approximate surface area is 183 Å². The van der Waals surface area contributed by atoms with Gasteiger partial charge in [-0.2, -0.15) is 0 Å². The van der Waals surface area contributed by atoms with E-state index in [1.54, 1.807) is 6.07 Å². The minimum absolute atomic E-state index is 0.00969. The van der Waals surface area contributed by atoms with E-state index in [9.17, 15) is 13.2 Å². The SMILES string of the molecule is O=C(OCc1cc(-c2ccccc2)no1)c1cccc(S(=O)(=O)NCc2cccs2)c1. The molecule has 2 aromatic heterocycles. The van der Waals surface area contributed by atoms with Gasteiger partial charge in [0.25, 0.3) is 0 Å². The van der Waals surface area contributed by atoms with Crippen LogP contribution >= 0.6 is 11.3 Å². The van der Waals surface area contributed by atoms with E-state index in [1.165, 1.54) is 35.6 Å². The highest BCUT2D eigenvalue weighted by Crippen LogP contribution is 2.20. The highest BCUT2D eigenvalue weighted by atomic mass is 32.2. The topological polar surface area (TPSA) is 98.5 Å². The number of benzene rings is 2. The minimum Gasteiger partial charge on any atom is -0.454 e. The lowest BCUT2D eigenvalue weighted by Gasteiger charge is -2.08. The molecular weight excluding hydrogens is 436 g/mol. The summed E-state index contributed by atoms with van der Waals surface area (Å²) in [6.07, 6.45) is 0. The number of ether oxygens (including phenoxy) is 1. The number of thiophene rings is 1. The molecule has 0 unspecified atom stereocenters. The number of hydrogen-bond donors (Lipinski definition) is 1. The van der Waals surface area contributed by atoms with Crippen molar-refractivity contribution in [1.29, 1.82) is 0 Å². The molecule has 0 saturated heterocycles. The Kier molecular flexibility index (Phi) is 6.26. The summed E-state index contributed by atoms with van der Waals surface area (Å²) in [6, 6.07) is 20.6. The molecule has 0 aliphatic heterocycles. The van der Waals surface area contributed by atoms with Crippen molar-refractivity contribution in [2.45, 2.75) is 18.0 Å². The summed E-state index contributed by atoms with van der Waals surface area (Å²) in [7, 11) is -3.77. The van der Waals surface area contributed by atoms with Crippen LogP contribution in [0.5, 0.6) is 0 Å². The molecular formula is C22H18N2O5S2. The predicted molar refractivity (Wildman–Crippen MR) is 116 cm³/mol. The molecule has 7 nitrogen and oxygen atoms in total. The fourth-order valence-electron chi connectivity index (χ4n) is 2.80. The van der Waals surface area contributed by atoms with Crippen LogP contribution in [0.25, 0.3) is 11.3 Å². The zero-order valence-corrected chi connectivity index (χ0v) is 17.9. The summed E-state index contributed by atoms with van der Waals surface area (Å²) >= 11 is 1.46. The minimum atomic E-state index is -3.77. The van der Waals surface area contributed by atoms with Crippen LogP contribution in [0, 0.1) is 0 Å². The summed E-state index contributed by atoms with van der Waals surface area (Å²) in [5.74, 6) is -0.276. The Hall–Kier alpha value is -3.27. The van der Waals surface area contributed by atoms with Crippen molar-refractivity contribution in [3.05, 3.63) is 94.4 Å². The summed E-state index contributed by atoms with van der Waals surface area (Å²) in [5, 5.41) is 5.84. The van der Waals surface area contributed by atoms with Gasteiger partial charge in [-0.25, -0.2) is 17.9 Å². The first-order valence-corrected chi connectivity index (χ1v) is 11.7. The fraction of sp³-hybridized carbons (Fsp3) is 0.0909. The highest BCUT2D eigenvalue weighted by molar-refractivity contribution is 7.89. The van der Waals surface area contributed by atoms with Crippen LogP contribution in [0.4, 0.5) is 0 Å². The molecule has 0 atom stereocenters. The monoisotopic (exact) mass is 454 g/mol. The van der Waals surface area contributed by atoms with Crippen LogP contribution in [0.3, 0.4) is 0 Å². The Morgan fingerprint density at radius 3 is 2.65 bits per heavy atom. The summed E-state index contributed by atoms with van der Waals surface area (Å²) in [5.41, 5.74) is 1.65. The maximum absolute atomic E-state index is 12.5. The third-order valence-electron chi connectivity index (χ3n) is 4.37. The van der Waals surface area contributed by atoms with E-state index in [1.807, 2.05) is 47.8 Å². The van der Waals surface area contributed by atoms with E-state index in [0.29, 0.717) is 11.5 Å². The second-order valence-corrected chi connectivity index (χ2v) is 9.35. The number of esters is 1. The van der Waals surface area contributed by atoms with Crippen molar-refractivity contribution < 1.29 is 22.5 Å². The van der Waals surface area contributed by atoms with Gasteiger partial charge >= 0.3 is 5.97 Å². The molecule has 158 valence electrons. The Balaban J connectivity index is 1.39. The van der Waals surface area contributed by atoms with Crippen molar-refractivity contribution in [3.63, 3.8) is 0 Å². The molecule has 0 fully saturated rings. The zero-order chi connectivity index (χ0) is 21.7. The van der Waals surface area contributed by atoms with Crippen LogP contribution in [0.15, 0.2) is 87.6 Å². The first-order valence-electron chi connectivity index (χ1n) is 9.31. The summed E-state index contributed by atoms with van der Waals surface area (Å²) < 4.78 is 38.1. The fourth-order valence-corrected chi connectivity index (χ4v) is 4.59. The van der Waals surface area contributed by atoms with E-state index in [2.05, 4.69) is 9.88 Å². The Morgan fingerprint density at radius 2 is 1.87 bits per heavy atom. The number of carbonyl (C=O) groups is 1. The van der Waals surface area contributed by atoms with Crippen LogP contribution in [0.2, 0.25) is 0 Å². The number of hydrogen-bond acceptors (Lipinski definition) is 7. The Bertz CT molecular complexity index is 1270. The number of aromatic nitrogens is 1. The van der Waals surface area contributed by atoms with Crippen LogP contribution in [0.1, 0.15) is 21.0 Å². The normalized spacial score (nSPS) is 11.4. The largest absolute Gasteiger partial charge is 0.454 e. The molecule has 4 aromatic rings. The molecule has 2 heterocycles. The van der Waals surface area contributed by atoms with Crippen molar-refractivity contribution in [2.24, 2.45) is 0 Å². The molecule has 9 heteroatoms. The maximum atomic E-state index is 12.5. The van der Waals surface area contributed by atoms with Crippen molar-refractivity contribution in [3.8, 4) is 11.3 Å². The van der Waals surface area contributed by atoms with Gasteiger partial charge in [0.2, 0.25) is 10.0 Å². The van der Waals surface area contributed by atoms with Gasteiger partial charge in [0.05, 0.1) is 10.5 Å². The standard InChI is InChI=1S/C22H18N2O5S2/c25-22(28-15-18-13-21(24-29-18)16-6-2-1-3-7-16)17-8-4-10-20(12-17)31(26,27)23-14-19-9-5-11-30-19/h1-13,23H,14-15H2. The van der Waals surface area contributed by atoms with Crippen LogP contribution < -0.4 is 4.72 Å². The molecule has 0 aliphatic rings. The number of nitrogens with zero attached hydrogens (tertiary/aromatic N) is 1. The third kappa shape index (κ3) is 5.26. The molecule has 31 heavy (non-hydrogen) atoms. The van der Waals surface area contributed by atoms with Gasteiger partial charge in [-0.15, -0.1) is 11.3 Å². The van der Waals surface area contributed by atoms with Crippen LogP contribution in [-0.2, 0) is 27.9 Å². The Morgan fingerprint density at radius 1 is 1.03 bits per heavy atom. The molecule has 1 N–H and O–H groups in total. The predicted octanol–water partition coefficient (Wildman–Crippen LogP) is 4.24. The van der Waals surface area contributed by atoms with Gasteiger partial charge in [-0.05, 0) is 29.6 Å². The average molecular weight is 455 g/mol. The molecule has 0 aliphatic carbocycles. The smallest absolute Gasteiger partial charge is 0.338 e. The number of carbonyl (C=O) groups excluding carboxylic acids is 1. The van der Waals surface area contributed by atoms with E-state index in [4.69, 9.17) is 9.26 Å². The zero-order valence-electron chi connectivity index (χ0n) is 16.2. The molecule has 0 radical (unpaired) electrons. The first-order chi connectivity index (χ1) is 15.0. The van der Waals surface area contributed by atoms with Crippen molar-refractivity contribution in [1.82, 2.24) is 9.88 Å². The van der Waals surface area contributed by atoms with Gasteiger partial charge < -0.3 is 9.26 Å². The van der Waals surface area contributed by atoms with E-state index in [-0.39, 0.29) is 23.6 Å².